The molecule has 1 aromatic heterocycles. The number of hydrogen-bond donors (Lipinski definition) is 2. The number of anilines is 1. The summed E-state index contributed by atoms with van der Waals surface area (Å²) in [6.07, 6.45) is 0. The van der Waals surface area contributed by atoms with Gasteiger partial charge in [0.2, 0.25) is 0 Å². The first-order valence-corrected chi connectivity index (χ1v) is 12.5. The molecule has 1 heterocycles. The Morgan fingerprint density at radius 1 is 1.05 bits per heavy atom. The van der Waals surface area contributed by atoms with Crippen molar-refractivity contribution in [3.63, 3.8) is 0 Å². The Labute approximate surface area is 219 Å². The van der Waals surface area contributed by atoms with E-state index in [1.165, 1.54) is 23.9 Å². The average Bonchev–Trinajstić information content (AvgIpc) is 3.33. The van der Waals surface area contributed by atoms with Crippen LogP contribution in [0.3, 0.4) is 0 Å². The van der Waals surface area contributed by atoms with Gasteiger partial charge in [0.15, 0.2) is 11.0 Å². The van der Waals surface area contributed by atoms with E-state index >= 15 is 0 Å². The van der Waals surface area contributed by atoms with Gasteiger partial charge < -0.3 is 10.1 Å². The zero-order valence-electron chi connectivity index (χ0n) is 20.7. The second kappa shape index (κ2) is 12.2. The van der Waals surface area contributed by atoms with E-state index in [-0.39, 0.29) is 11.7 Å². The summed E-state index contributed by atoms with van der Waals surface area (Å²) in [4.78, 5) is 12.8. The van der Waals surface area contributed by atoms with Gasteiger partial charge in [0.25, 0.3) is 5.91 Å². The number of hydrogen-bond acceptors (Lipinski definition) is 7. The van der Waals surface area contributed by atoms with Crippen molar-refractivity contribution in [2.24, 2.45) is 5.10 Å². The molecule has 37 heavy (non-hydrogen) atoms. The number of nitrogens with one attached hydrogen (secondary N) is 2. The molecular weight excluding hydrogens is 491 g/mol. The fraction of sp³-hybridized carbons (Fsp3) is 0.185. The van der Waals surface area contributed by atoms with Crippen LogP contribution >= 0.6 is 11.8 Å². The number of ether oxygens (including phenoxy) is 1. The van der Waals surface area contributed by atoms with Gasteiger partial charge in [-0.3, -0.25) is 9.36 Å². The Morgan fingerprint density at radius 3 is 2.49 bits per heavy atom. The molecule has 8 nitrogen and oxygen atoms in total. The van der Waals surface area contributed by atoms with E-state index < -0.39 is 5.25 Å². The van der Waals surface area contributed by atoms with Crippen LogP contribution in [-0.2, 0) is 11.3 Å². The normalized spacial score (nSPS) is 12.2. The Balaban J connectivity index is 1.50. The Morgan fingerprint density at radius 2 is 1.76 bits per heavy atom. The molecule has 0 bridgehead atoms. The second-order valence-corrected chi connectivity index (χ2v) is 9.37. The van der Waals surface area contributed by atoms with Gasteiger partial charge in [-0.2, -0.15) is 5.10 Å². The second-order valence-electron chi connectivity index (χ2n) is 8.06. The molecule has 0 spiro atoms. The van der Waals surface area contributed by atoms with Crippen molar-refractivity contribution in [2.75, 3.05) is 12.4 Å². The smallest absolute Gasteiger partial charge is 0.253 e. The van der Waals surface area contributed by atoms with Crippen molar-refractivity contribution in [2.45, 2.75) is 30.8 Å². The highest BCUT2D eigenvalue weighted by Gasteiger charge is 2.21. The molecule has 4 rings (SSSR count). The molecule has 0 fully saturated rings. The maximum Gasteiger partial charge on any atom is 0.253 e. The zero-order chi connectivity index (χ0) is 26.2. The number of hydrazone groups is 1. The van der Waals surface area contributed by atoms with Crippen LogP contribution in [0.5, 0.6) is 5.75 Å². The summed E-state index contributed by atoms with van der Waals surface area (Å²) in [5, 5.41) is 16.4. The summed E-state index contributed by atoms with van der Waals surface area (Å²) in [5.41, 5.74) is 5.60. The topological polar surface area (TPSA) is 93.4 Å². The average molecular weight is 519 g/mol. The number of methoxy groups -OCH3 is 1. The largest absolute Gasteiger partial charge is 0.495 e. The standard InChI is InChI=1S/C27H27FN6O2S/c1-18(20-13-15-21(28)16-14-20)30-32-26(35)19(2)37-27-33-31-25(34(27)22-9-5-4-6-10-22)17-29-23-11-7-8-12-24(23)36-3/h4-16,19,29H,17H2,1-3H3,(H,32,35)/b30-18-/t19-/m0/s1. The third kappa shape index (κ3) is 6.53. The third-order valence-electron chi connectivity index (χ3n) is 5.51. The monoisotopic (exact) mass is 518 g/mol. The van der Waals surface area contributed by atoms with E-state index in [0.717, 1.165) is 22.7 Å². The van der Waals surface area contributed by atoms with Crippen molar-refractivity contribution >= 4 is 29.1 Å². The number of amides is 1. The van der Waals surface area contributed by atoms with E-state index in [4.69, 9.17) is 4.74 Å². The minimum absolute atomic E-state index is 0.289. The van der Waals surface area contributed by atoms with Crippen LogP contribution in [0.15, 0.2) is 89.1 Å². The van der Waals surface area contributed by atoms with Gasteiger partial charge in [-0.15, -0.1) is 10.2 Å². The Bertz CT molecular complexity index is 1380. The van der Waals surface area contributed by atoms with Crippen LogP contribution in [-0.4, -0.2) is 38.7 Å². The zero-order valence-corrected chi connectivity index (χ0v) is 21.5. The lowest BCUT2D eigenvalue weighted by molar-refractivity contribution is -0.120. The van der Waals surface area contributed by atoms with Gasteiger partial charge in [-0.1, -0.05) is 54.2 Å². The summed E-state index contributed by atoms with van der Waals surface area (Å²) in [7, 11) is 1.62. The number of aromatic nitrogens is 3. The molecule has 190 valence electrons. The molecule has 0 aliphatic rings. The lowest BCUT2D eigenvalue weighted by Crippen LogP contribution is -2.28. The maximum atomic E-state index is 13.2. The van der Waals surface area contributed by atoms with Crippen LogP contribution < -0.4 is 15.5 Å². The number of carbonyl (C=O) groups is 1. The highest BCUT2D eigenvalue weighted by molar-refractivity contribution is 8.00. The molecule has 0 saturated heterocycles. The van der Waals surface area contributed by atoms with Crippen LogP contribution in [0.1, 0.15) is 25.2 Å². The molecule has 0 radical (unpaired) electrons. The van der Waals surface area contributed by atoms with E-state index in [1.807, 2.05) is 59.2 Å². The van der Waals surface area contributed by atoms with Gasteiger partial charge in [-0.25, -0.2) is 9.82 Å². The predicted octanol–water partition coefficient (Wildman–Crippen LogP) is 5.05. The van der Waals surface area contributed by atoms with Crippen molar-refractivity contribution in [3.05, 3.63) is 96.1 Å². The fourth-order valence-corrected chi connectivity index (χ4v) is 4.37. The highest BCUT2D eigenvalue weighted by Crippen LogP contribution is 2.28. The number of carbonyl (C=O) groups excluding carboxylic acids is 1. The molecule has 0 saturated carbocycles. The van der Waals surface area contributed by atoms with E-state index in [9.17, 15) is 9.18 Å². The van der Waals surface area contributed by atoms with E-state index in [2.05, 4.69) is 26.0 Å². The van der Waals surface area contributed by atoms with Crippen LogP contribution in [0.2, 0.25) is 0 Å². The van der Waals surface area contributed by atoms with Crippen molar-refractivity contribution in [3.8, 4) is 11.4 Å². The summed E-state index contributed by atoms with van der Waals surface area (Å²) < 4.78 is 20.5. The quantitative estimate of drug-likeness (QED) is 0.173. The van der Waals surface area contributed by atoms with Crippen molar-refractivity contribution in [1.82, 2.24) is 20.2 Å². The first-order chi connectivity index (χ1) is 18.0. The van der Waals surface area contributed by atoms with E-state index in [0.29, 0.717) is 23.2 Å². The van der Waals surface area contributed by atoms with E-state index in [1.54, 1.807) is 33.1 Å². The van der Waals surface area contributed by atoms with Crippen LogP contribution in [0.25, 0.3) is 5.69 Å². The third-order valence-corrected chi connectivity index (χ3v) is 6.55. The lowest BCUT2D eigenvalue weighted by Gasteiger charge is -2.14. The number of halogens is 1. The van der Waals surface area contributed by atoms with Gasteiger partial charge in [0, 0.05) is 5.69 Å². The molecule has 3 aromatic carbocycles. The van der Waals surface area contributed by atoms with Gasteiger partial charge in [-0.05, 0) is 55.8 Å². The minimum Gasteiger partial charge on any atom is -0.495 e. The van der Waals surface area contributed by atoms with Gasteiger partial charge in [0.1, 0.15) is 11.6 Å². The summed E-state index contributed by atoms with van der Waals surface area (Å²) in [6, 6.07) is 23.3. The lowest BCUT2D eigenvalue weighted by atomic mass is 10.1. The number of thioether (sulfide) groups is 1. The van der Waals surface area contributed by atoms with Crippen molar-refractivity contribution < 1.29 is 13.9 Å². The summed E-state index contributed by atoms with van der Waals surface area (Å²) in [6.45, 7) is 3.92. The molecule has 1 amide bonds. The molecular formula is C27H27FN6O2S. The first-order valence-electron chi connectivity index (χ1n) is 11.6. The highest BCUT2D eigenvalue weighted by atomic mass is 32.2. The molecule has 2 N–H and O–H groups in total. The molecule has 10 heteroatoms. The van der Waals surface area contributed by atoms with Gasteiger partial charge in [0.05, 0.1) is 30.3 Å². The number of benzene rings is 3. The summed E-state index contributed by atoms with van der Waals surface area (Å²) in [5.74, 6) is 0.787. The molecule has 0 aliphatic carbocycles. The molecule has 1 atom stereocenters. The predicted molar refractivity (Wildman–Crippen MR) is 144 cm³/mol. The number of rotatable bonds is 10. The number of nitrogens with zero attached hydrogens (tertiary/aromatic N) is 4. The van der Waals surface area contributed by atoms with Gasteiger partial charge >= 0.3 is 0 Å². The SMILES string of the molecule is COc1ccccc1NCc1nnc(S[C@@H](C)C(=O)N/N=C(/C)c2ccc(F)cc2)n1-c1ccccc1. The van der Waals surface area contributed by atoms with Crippen LogP contribution in [0, 0.1) is 5.82 Å². The minimum atomic E-state index is -0.508. The maximum absolute atomic E-state index is 13.2. The first kappa shape index (κ1) is 25.9. The fourth-order valence-electron chi connectivity index (χ4n) is 3.49. The molecule has 4 aromatic rings. The van der Waals surface area contributed by atoms with Crippen LogP contribution in [0.4, 0.5) is 10.1 Å². The molecule has 0 aliphatic heterocycles. The Kier molecular flexibility index (Phi) is 8.52. The van der Waals surface area contributed by atoms with Crippen molar-refractivity contribution in [1.29, 1.82) is 0 Å². The summed E-state index contributed by atoms with van der Waals surface area (Å²) >= 11 is 1.28. The molecule has 0 unspecified atom stereocenters. The number of para-hydroxylation sites is 3. The Hall–Kier alpha value is -4.18.